The van der Waals surface area contributed by atoms with Gasteiger partial charge in [0.25, 0.3) is 0 Å². The van der Waals surface area contributed by atoms with Crippen LogP contribution in [0, 0.1) is 0 Å². The van der Waals surface area contributed by atoms with Crippen LogP contribution in [0.2, 0.25) is 0 Å². The fourth-order valence-electron chi connectivity index (χ4n) is 2.45. The van der Waals surface area contributed by atoms with Gasteiger partial charge in [-0.25, -0.2) is 0 Å². The number of rotatable bonds is 6. The SMILES string of the molecule is CCCCCCN=C(N)NC1CCOc2ccccc21. The van der Waals surface area contributed by atoms with Gasteiger partial charge in [0.05, 0.1) is 12.6 Å². The molecule has 0 amide bonds. The summed E-state index contributed by atoms with van der Waals surface area (Å²) in [6.45, 7) is 3.74. The summed E-state index contributed by atoms with van der Waals surface area (Å²) in [7, 11) is 0. The molecule has 0 bridgehead atoms. The molecule has 4 nitrogen and oxygen atoms in total. The minimum atomic E-state index is 0.208. The molecule has 1 heterocycles. The summed E-state index contributed by atoms with van der Waals surface area (Å²) >= 11 is 0. The maximum absolute atomic E-state index is 5.97. The number of para-hydroxylation sites is 1. The van der Waals surface area contributed by atoms with Crippen molar-refractivity contribution >= 4 is 5.96 Å². The lowest BCUT2D eigenvalue weighted by atomic mass is 10.0. The molecule has 1 aliphatic rings. The minimum absolute atomic E-state index is 0.208. The molecule has 1 aliphatic heterocycles. The van der Waals surface area contributed by atoms with E-state index in [1.165, 1.54) is 24.8 Å². The summed E-state index contributed by atoms with van der Waals surface area (Å²) in [5.74, 6) is 1.50. The molecule has 0 radical (unpaired) electrons. The van der Waals surface area contributed by atoms with Crippen molar-refractivity contribution in [2.24, 2.45) is 10.7 Å². The summed E-state index contributed by atoms with van der Waals surface area (Å²) in [6, 6.07) is 8.31. The van der Waals surface area contributed by atoms with E-state index in [4.69, 9.17) is 10.5 Å². The highest BCUT2D eigenvalue weighted by atomic mass is 16.5. The average molecular weight is 275 g/mol. The number of aliphatic imine (C=N–C) groups is 1. The lowest BCUT2D eigenvalue weighted by molar-refractivity contribution is 0.262. The summed E-state index contributed by atoms with van der Waals surface area (Å²) in [4.78, 5) is 4.41. The molecular weight excluding hydrogens is 250 g/mol. The Morgan fingerprint density at radius 3 is 3.05 bits per heavy atom. The molecule has 110 valence electrons. The van der Waals surface area contributed by atoms with Crippen LogP contribution in [0.1, 0.15) is 50.6 Å². The molecule has 0 fully saturated rings. The molecule has 1 unspecified atom stereocenters. The second-order valence-corrected chi connectivity index (χ2v) is 5.20. The topological polar surface area (TPSA) is 59.6 Å². The number of nitrogens with two attached hydrogens (primary N) is 1. The molecule has 1 atom stereocenters. The zero-order chi connectivity index (χ0) is 14.2. The number of fused-ring (bicyclic) bond motifs is 1. The number of hydrogen-bond donors (Lipinski definition) is 2. The summed E-state index contributed by atoms with van der Waals surface area (Å²) < 4.78 is 5.64. The molecule has 3 N–H and O–H groups in total. The first-order valence-corrected chi connectivity index (χ1v) is 7.59. The number of hydrogen-bond acceptors (Lipinski definition) is 2. The van der Waals surface area contributed by atoms with Gasteiger partial charge in [-0.1, -0.05) is 44.4 Å². The molecule has 0 aliphatic carbocycles. The van der Waals surface area contributed by atoms with Crippen LogP contribution in [0.15, 0.2) is 29.3 Å². The second kappa shape index (κ2) is 7.78. The Morgan fingerprint density at radius 1 is 1.35 bits per heavy atom. The maximum Gasteiger partial charge on any atom is 0.189 e. The standard InChI is InChI=1S/C16H25N3O/c1-2-3-4-7-11-18-16(17)19-14-10-12-20-15-9-6-5-8-13(14)15/h5-6,8-9,14H,2-4,7,10-12H2,1H3,(H3,17,18,19). The number of nitrogens with zero attached hydrogens (tertiary/aromatic N) is 1. The van der Waals surface area contributed by atoms with Gasteiger partial charge in [-0.05, 0) is 12.5 Å². The highest BCUT2D eigenvalue weighted by molar-refractivity contribution is 5.78. The Morgan fingerprint density at radius 2 is 2.20 bits per heavy atom. The van der Waals surface area contributed by atoms with Crippen molar-refractivity contribution in [1.82, 2.24) is 5.32 Å². The monoisotopic (exact) mass is 275 g/mol. The summed E-state index contributed by atoms with van der Waals surface area (Å²) in [5.41, 5.74) is 7.14. The number of benzene rings is 1. The molecule has 1 aromatic rings. The predicted octanol–water partition coefficient (Wildman–Crippen LogP) is 2.99. The number of nitrogens with one attached hydrogen (secondary N) is 1. The number of guanidine groups is 1. The third kappa shape index (κ3) is 4.15. The molecule has 0 saturated heterocycles. The van der Waals surface area contributed by atoms with Crippen LogP contribution in [-0.2, 0) is 0 Å². The molecule has 1 aromatic carbocycles. The Hall–Kier alpha value is -1.71. The maximum atomic E-state index is 5.97. The summed E-state index contributed by atoms with van der Waals surface area (Å²) in [5, 5.41) is 3.31. The molecule has 20 heavy (non-hydrogen) atoms. The largest absolute Gasteiger partial charge is 0.493 e. The van der Waals surface area contributed by atoms with E-state index in [2.05, 4.69) is 23.3 Å². The average Bonchev–Trinajstić information content (AvgIpc) is 2.47. The van der Waals surface area contributed by atoms with Crippen molar-refractivity contribution in [3.8, 4) is 5.75 Å². The molecule has 0 aromatic heterocycles. The first-order valence-electron chi connectivity index (χ1n) is 7.59. The van der Waals surface area contributed by atoms with Gasteiger partial charge >= 0.3 is 0 Å². The fraction of sp³-hybridized carbons (Fsp3) is 0.562. The van der Waals surface area contributed by atoms with E-state index in [0.29, 0.717) is 5.96 Å². The number of ether oxygens (including phenoxy) is 1. The zero-order valence-corrected chi connectivity index (χ0v) is 12.3. The summed E-state index contributed by atoms with van der Waals surface area (Å²) in [6.07, 6.45) is 5.78. The molecule has 0 saturated carbocycles. The van der Waals surface area contributed by atoms with Crippen molar-refractivity contribution in [3.05, 3.63) is 29.8 Å². The normalized spacial score (nSPS) is 18.2. The number of unbranched alkanes of at least 4 members (excludes halogenated alkanes) is 3. The van der Waals surface area contributed by atoms with E-state index in [1.807, 2.05) is 18.2 Å². The van der Waals surface area contributed by atoms with Crippen molar-refractivity contribution in [2.45, 2.75) is 45.1 Å². The second-order valence-electron chi connectivity index (χ2n) is 5.20. The van der Waals surface area contributed by atoms with Gasteiger partial charge in [-0.3, -0.25) is 4.99 Å². The lowest BCUT2D eigenvalue weighted by Crippen LogP contribution is -2.37. The quantitative estimate of drug-likeness (QED) is 0.476. The smallest absolute Gasteiger partial charge is 0.189 e. The van der Waals surface area contributed by atoms with Crippen molar-refractivity contribution in [3.63, 3.8) is 0 Å². The zero-order valence-electron chi connectivity index (χ0n) is 12.3. The van der Waals surface area contributed by atoms with Gasteiger partial charge in [0, 0.05) is 18.5 Å². The third-order valence-corrected chi connectivity index (χ3v) is 3.57. The van der Waals surface area contributed by atoms with E-state index in [9.17, 15) is 0 Å². The van der Waals surface area contributed by atoms with Gasteiger partial charge < -0.3 is 15.8 Å². The predicted molar refractivity (Wildman–Crippen MR) is 83.1 cm³/mol. The first kappa shape index (κ1) is 14.7. The van der Waals surface area contributed by atoms with Gasteiger partial charge in [0.15, 0.2) is 5.96 Å². The Bertz CT molecular complexity index is 445. The van der Waals surface area contributed by atoms with Gasteiger partial charge in [0.1, 0.15) is 5.75 Å². The molecule has 4 heteroatoms. The van der Waals surface area contributed by atoms with Crippen LogP contribution >= 0.6 is 0 Å². The van der Waals surface area contributed by atoms with Crippen LogP contribution in [0.4, 0.5) is 0 Å². The first-order chi connectivity index (χ1) is 9.81. The van der Waals surface area contributed by atoms with Crippen LogP contribution in [0.25, 0.3) is 0 Å². The molecule has 0 spiro atoms. The van der Waals surface area contributed by atoms with Crippen LogP contribution in [0.3, 0.4) is 0 Å². The van der Waals surface area contributed by atoms with Crippen molar-refractivity contribution < 1.29 is 4.74 Å². The van der Waals surface area contributed by atoms with E-state index < -0.39 is 0 Å². The Kier molecular flexibility index (Phi) is 5.71. The van der Waals surface area contributed by atoms with Crippen LogP contribution < -0.4 is 15.8 Å². The van der Waals surface area contributed by atoms with E-state index in [-0.39, 0.29) is 6.04 Å². The lowest BCUT2D eigenvalue weighted by Gasteiger charge is -2.26. The Balaban J connectivity index is 1.86. The van der Waals surface area contributed by atoms with E-state index >= 15 is 0 Å². The van der Waals surface area contributed by atoms with Gasteiger partial charge in [-0.15, -0.1) is 0 Å². The third-order valence-electron chi connectivity index (χ3n) is 3.57. The van der Waals surface area contributed by atoms with Crippen molar-refractivity contribution in [2.75, 3.05) is 13.2 Å². The van der Waals surface area contributed by atoms with E-state index in [1.54, 1.807) is 0 Å². The highest BCUT2D eigenvalue weighted by Crippen LogP contribution is 2.31. The van der Waals surface area contributed by atoms with Gasteiger partial charge in [-0.2, -0.15) is 0 Å². The fourth-order valence-corrected chi connectivity index (χ4v) is 2.45. The molecule has 2 rings (SSSR count). The molecular formula is C16H25N3O. The minimum Gasteiger partial charge on any atom is -0.493 e. The Labute approximate surface area is 121 Å². The highest BCUT2D eigenvalue weighted by Gasteiger charge is 2.20. The van der Waals surface area contributed by atoms with Crippen LogP contribution in [-0.4, -0.2) is 19.1 Å². The van der Waals surface area contributed by atoms with Gasteiger partial charge in [0.2, 0.25) is 0 Å². The van der Waals surface area contributed by atoms with Crippen molar-refractivity contribution in [1.29, 1.82) is 0 Å². The van der Waals surface area contributed by atoms with Crippen LogP contribution in [0.5, 0.6) is 5.75 Å². The van der Waals surface area contributed by atoms with E-state index in [0.717, 1.165) is 31.7 Å².